The molecular weight excluding hydrogens is 547 g/mol. The summed E-state index contributed by atoms with van der Waals surface area (Å²) < 4.78 is 20.0. The number of allylic oxidation sites excluding steroid dienone is 3. The van der Waals surface area contributed by atoms with Crippen molar-refractivity contribution in [2.75, 3.05) is 4.90 Å². The number of rotatable bonds is 6. The molecule has 1 atom stereocenters. The summed E-state index contributed by atoms with van der Waals surface area (Å²) in [5.74, 6) is -1.10. The Hall–Kier alpha value is -4.68. The number of hydrogen-bond acceptors (Lipinski definition) is 7. The van der Waals surface area contributed by atoms with E-state index in [0.29, 0.717) is 34.9 Å². The Balaban J connectivity index is 1.66. The van der Waals surface area contributed by atoms with Crippen molar-refractivity contribution >= 4 is 28.8 Å². The first-order valence-electron chi connectivity index (χ1n) is 13.0. The van der Waals surface area contributed by atoms with Gasteiger partial charge >= 0.3 is 0 Å². The number of aryl methyl sites for hydroxylation is 1. The van der Waals surface area contributed by atoms with E-state index in [2.05, 4.69) is 6.07 Å². The summed E-state index contributed by atoms with van der Waals surface area (Å²) in [5.41, 5.74) is 10.4. The Morgan fingerprint density at radius 1 is 1.17 bits per heavy atom. The van der Waals surface area contributed by atoms with Crippen molar-refractivity contribution in [2.45, 2.75) is 45.6 Å². The van der Waals surface area contributed by atoms with Crippen LogP contribution in [0.1, 0.15) is 47.4 Å². The molecule has 8 nitrogen and oxygen atoms in total. The van der Waals surface area contributed by atoms with Crippen molar-refractivity contribution in [3.05, 3.63) is 120 Å². The van der Waals surface area contributed by atoms with Gasteiger partial charge in [0.25, 0.3) is 5.69 Å². The van der Waals surface area contributed by atoms with Gasteiger partial charge in [-0.15, -0.1) is 0 Å². The first-order chi connectivity index (χ1) is 19.6. The van der Waals surface area contributed by atoms with Gasteiger partial charge in [0.1, 0.15) is 29.7 Å². The third-order valence-electron chi connectivity index (χ3n) is 7.51. The van der Waals surface area contributed by atoms with Gasteiger partial charge in [-0.05, 0) is 79.8 Å². The Morgan fingerprint density at radius 3 is 2.59 bits per heavy atom. The number of carbonyl (C=O) groups excluding carboxylic acids is 1. The maximum Gasteiger partial charge on any atom is 0.296 e. The number of nitro groups is 1. The standard InChI is InChI=1S/C31H26ClFN4O4/c1-17-12-19(16-41-22-9-6-20(32)7-10-22)18(2)23(13-17)29-24(15-34)31(35)36(26-4-3-5-28(38)30(26)29)25-11-8-21(33)14-27(25)37(39)40/h6-14,29H,3-5,16,35H2,1-2H3. The molecule has 1 aliphatic heterocycles. The van der Waals surface area contributed by atoms with Crippen LogP contribution in [0, 0.1) is 41.1 Å². The predicted molar refractivity (Wildman–Crippen MR) is 153 cm³/mol. The summed E-state index contributed by atoms with van der Waals surface area (Å²) in [7, 11) is 0. The number of Topliss-reactive ketones (excluding diaryl/α,β-unsaturated/α-hetero) is 1. The van der Waals surface area contributed by atoms with Crippen LogP contribution in [0.4, 0.5) is 15.8 Å². The average molecular weight is 573 g/mol. The van der Waals surface area contributed by atoms with Crippen LogP contribution in [0.2, 0.25) is 5.02 Å². The molecule has 0 radical (unpaired) electrons. The van der Waals surface area contributed by atoms with Crippen molar-refractivity contribution in [3.8, 4) is 11.8 Å². The van der Waals surface area contributed by atoms with Crippen molar-refractivity contribution in [2.24, 2.45) is 5.73 Å². The number of hydrogen-bond donors (Lipinski definition) is 1. The van der Waals surface area contributed by atoms with Crippen molar-refractivity contribution in [3.63, 3.8) is 0 Å². The van der Waals surface area contributed by atoms with Gasteiger partial charge in [0.2, 0.25) is 0 Å². The van der Waals surface area contributed by atoms with Crippen LogP contribution in [-0.4, -0.2) is 10.7 Å². The zero-order valence-corrected chi connectivity index (χ0v) is 23.2. The second-order valence-corrected chi connectivity index (χ2v) is 10.5. The first kappa shape index (κ1) is 27.9. The van der Waals surface area contributed by atoms with Crippen LogP contribution in [0.25, 0.3) is 0 Å². The van der Waals surface area contributed by atoms with E-state index >= 15 is 0 Å². The number of halogens is 2. The maximum atomic E-state index is 14.0. The van der Waals surface area contributed by atoms with Gasteiger partial charge in [-0.3, -0.25) is 19.8 Å². The van der Waals surface area contributed by atoms with E-state index in [0.717, 1.165) is 34.4 Å². The van der Waals surface area contributed by atoms with Gasteiger partial charge in [0.05, 0.1) is 28.5 Å². The van der Waals surface area contributed by atoms with Crippen molar-refractivity contribution in [1.29, 1.82) is 5.26 Å². The summed E-state index contributed by atoms with van der Waals surface area (Å²) >= 11 is 5.99. The van der Waals surface area contributed by atoms with Crippen LogP contribution in [0.5, 0.6) is 5.75 Å². The first-order valence-corrected chi connectivity index (χ1v) is 13.4. The molecule has 10 heteroatoms. The molecule has 1 unspecified atom stereocenters. The minimum Gasteiger partial charge on any atom is -0.489 e. The van der Waals surface area contributed by atoms with E-state index in [1.807, 2.05) is 26.0 Å². The molecule has 2 N–H and O–H groups in total. The van der Waals surface area contributed by atoms with Crippen LogP contribution in [0.15, 0.2) is 77.3 Å². The molecule has 0 saturated carbocycles. The highest BCUT2D eigenvalue weighted by molar-refractivity contribution is 6.30. The lowest BCUT2D eigenvalue weighted by Gasteiger charge is -2.39. The molecule has 0 amide bonds. The topological polar surface area (TPSA) is 122 Å². The Bertz CT molecular complexity index is 1690. The van der Waals surface area contributed by atoms with E-state index in [1.54, 1.807) is 24.3 Å². The smallest absolute Gasteiger partial charge is 0.296 e. The van der Waals surface area contributed by atoms with Crippen molar-refractivity contribution in [1.82, 2.24) is 0 Å². The SMILES string of the molecule is Cc1cc(COc2ccc(Cl)cc2)c(C)c(C2C(C#N)=C(N)N(c3ccc(F)cc3[N+](=O)[O-])C3=C2C(=O)CCC3)c1. The lowest BCUT2D eigenvalue weighted by atomic mass is 9.73. The van der Waals surface area contributed by atoms with Crippen molar-refractivity contribution < 1.29 is 18.8 Å². The quantitative estimate of drug-likeness (QED) is 0.252. The number of anilines is 1. The number of ether oxygens (including phenoxy) is 1. The molecule has 41 heavy (non-hydrogen) atoms. The van der Waals surface area contributed by atoms with Crippen LogP contribution in [-0.2, 0) is 11.4 Å². The molecule has 2 aliphatic rings. The van der Waals surface area contributed by atoms with Gasteiger partial charge < -0.3 is 10.5 Å². The summed E-state index contributed by atoms with van der Waals surface area (Å²) in [4.78, 5) is 26.1. The molecule has 1 aliphatic carbocycles. The molecule has 3 aromatic rings. The minimum atomic E-state index is -0.781. The molecular formula is C31H26ClFN4O4. The van der Waals surface area contributed by atoms with Gasteiger partial charge in [-0.1, -0.05) is 29.3 Å². The lowest BCUT2D eigenvalue weighted by Crippen LogP contribution is -2.39. The second kappa shape index (κ2) is 11.1. The summed E-state index contributed by atoms with van der Waals surface area (Å²) in [6.07, 6.45) is 1.19. The average Bonchev–Trinajstić information content (AvgIpc) is 2.94. The normalized spacial score (nSPS) is 16.9. The number of nitriles is 1. The van der Waals surface area contributed by atoms with Gasteiger partial charge in [-0.2, -0.15) is 5.26 Å². The largest absolute Gasteiger partial charge is 0.489 e. The summed E-state index contributed by atoms with van der Waals surface area (Å²) in [5, 5.41) is 22.9. The highest BCUT2D eigenvalue weighted by atomic mass is 35.5. The highest BCUT2D eigenvalue weighted by Crippen LogP contribution is 2.49. The molecule has 0 bridgehead atoms. The molecule has 208 valence electrons. The third-order valence-corrected chi connectivity index (χ3v) is 7.76. The fourth-order valence-electron chi connectivity index (χ4n) is 5.61. The zero-order valence-electron chi connectivity index (χ0n) is 22.4. The van der Waals surface area contributed by atoms with Gasteiger partial charge in [0.15, 0.2) is 5.78 Å². The molecule has 0 aromatic heterocycles. The van der Waals surface area contributed by atoms with E-state index in [-0.39, 0.29) is 35.9 Å². The lowest BCUT2D eigenvalue weighted by molar-refractivity contribution is -0.384. The van der Waals surface area contributed by atoms with Crippen LogP contribution >= 0.6 is 11.6 Å². The number of nitro benzene ring substituents is 1. The highest BCUT2D eigenvalue weighted by Gasteiger charge is 2.42. The molecule has 5 rings (SSSR count). The van der Waals surface area contributed by atoms with E-state index in [1.165, 1.54) is 11.0 Å². The fraction of sp³-hybridized carbons (Fsp3) is 0.226. The number of carbonyl (C=O) groups is 1. The van der Waals surface area contributed by atoms with Crippen LogP contribution in [0.3, 0.4) is 0 Å². The van der Waals surface area contributed by atoms with E-state index < -0.39 is 22.3 Å². The van der Waals surface area contributed by atoms with E-state index in [4.69, 9.17) is 22.1 Å². The fourth-order valence-corrected chi connectivity index (χ4v) is 5.74. The Kier molecular flexibility index (Phi) is 7.52. The monoisotopic (exact) mass is 572 g/mol. The maximum absolute atomic E-state index is 14.0. The number of benzene rings is 3. The molecule has 0 fully saturated rings. The number of nitrogens with two attached hydrogens (primary N) is 1. The van der Waals surface area contributed by atoms with E-state index in [9.17, 15) is 24.6 Å². The summed E-state index contributed by atoms with van der Waals surface area (Å²) in [6.45, 7) is 4.07. The molecule has 3 aromatic carbocycles. The summed E-state index contributed by atoms with van der Waals surface area (Å²) in [6, 6.07) is 16.3. The Morgan fingerprint density at radius 2 is 1.90 bits per heavy atom. The molecule has 0 saturated heterocycles. The van der Waals surface area contributed by atoms with Crippen LogP contribution < -0.4 is 15.4 Å². The minimum absolute atomic E-state index is 0.000294. The van der Waals surface area contributed by atoms with Gasteiger partial charge in [-0.25, -0.2) is 4.39 Å². The van der Waals surface area contributed by atoms with Gasteiger partial charge in [0, 0.05) is 22.7 Å². The predicted octanol–water partition coefficient (Wildman–Crippen LogP) is 6.89. The number of ketones is 1. The third kappa shape index (κ3) is 5.14. The Labute approximate surface area is 241 Å². The number of nitrogens with zero attached hydrogens (tertiary/aromatic N) is 3. The zero-order chi connectivity index (χ0) is 29.4. The molecule has 0 spiro atoms. The molecule has 1 heterocycles. The second-order valence-electron chi connectivity index (χ2n) is 10.1.